The first-order valence-electron chi connectivity index (χ1n) is 3.02. The summed E-state index contributed by atoms with van der Waals surface area (Å²) < 4.78 is 9.03. The summed E-state index contributed by atoms with van der Waals surface area (Å²) in [4.78, 5) is 1.09. The Morgan fingerprint density at radius 1 is 1.90 bits per heavy atom. The standard InChI is InChI=1S/C6H10N2OS/c1-9-5(4-7)6-2-3-8-10-6/h2-3,5H,4,7H2,1H3. The molecule has 0 amide bonds. The van der Waals surface area contributed by atoms with Crippen LogP contribution in [0, 0.1) is 0 Å². The molecule has 0 spiro atoms. The number of hydrogen-bond acceptors (Lipinski definition) is 4. The van der Waals surface area contributed by atoms with Gasteiger partial charge in [-0.3, -0.25) is 0 Å². The summed E-state index contributed by atoms with van der Waals surface area (Å²) in [6.45, 7) is 0.513. The van der Waals surface area contributed by atoms with Crippen molar-refractivity contribution in [2.75, 3.05) is 13.7 Å². The van der Waals surface area contributed by atoms with E-state index in [0.717, 1.165) is 4.88 Å². The number of methoxy groups -OCH3 is 1. The zero-order valence-corrected chi connectivity index (χ0v) is 6.60. The predicted octanol–water partition coefficient (Wildman–Crippen LogP) is 0.789. The first-order chi connectivity index (χ1) is 4.88. The van der Waals surface area contributed by atoms with Crippen LogP contribution >= 0.6 is 11.5 Å². The first-order valence-corrected chi connectivity index (χ1v) is 3.79. The molecule has 1 atom stereocenters. The zero-order chi connectivity index (χ0) is 7.40. The molecule has 0 aromatic carbocycles. The fourth-order valence-electron chi connectivity index (χ4n) is 0.720. The van der Waals surface area contributed by atoms with Crippen LogP contribution in [0.25, 0.3) is 0 Å². The van der Waals surface area contributed by atoms with Gasteiger partial charge in [0.05, 0.1) is 4.88 Å². The van der Waals surface area contributed by atoms with Gasteiger partial charge in [-0.25, -0.2) is 4.37 Å². The van der Waals surface area contributed by atoms with E-state index in [9.17, 15) is 0 Å². The van der Waals surface area contributed by atoms with E-state index in [1.807, 2.05) is 6.07 Å². The van der Waals surface area contributed by atoms with Crippen LogP contribution in [0.3, 0.4) is 0 Å². The number of nitrogens with zero attached hydrogens (tertiary/aromatic N) is 1. The minimum atomic E-state index is 0.0208. The number of ether oxygens (including phenoxy) is 1. The van der Waals surface area contributed by atoms with Gasteiger partial charge in [-0.15, -0.1) is 0 Å². The van der Waals surface area contributed by atoms with Crippen molar-refractivity contribution in [3.63, 3.8) is 0 Å². The van der Waals surface area contributed by atoms with Crippen molar-refractivity contribution in [3.05, 3.63) is 17.1 Å². The quantitative estimate of drug-likeness (QED) is 0.707. The molecular weight excluding hydrogens is 148 g/mol. The Morgan fingerprint density at radius 2 is 2.70 bits per heavy atom. The summed E-state index contributed by atoms with van der Waals surface area (Å²) in [6, 6.07) is 1.92. The van der Waals surface area contributed by atoms with Crippen LogP contribution < -0.4 is 5.73 Å². The van der Waals surface area contributed by atoms with Gasteiger partial charge in [0.25, 0.3) is 0 Å². The third-order valence-corrected chi connectivity index (χ3v) is 2.11. The molecule has 56 valence electrons. The molecule has 1 aromatic rings. The number of hydrogen-bond donors (Lipinski definition) is 1. The average molecular weight is 158 g/mol. The molecule has 1 unspecified atom stereocenters. The van der Waals surface area contributed by atoms with Gasteiger partial charge in [-0.1, -0.05) is 0 Å². The van der Waals surface area contributed by atoms with E-state index in [4.69, 9.17) is 10.5 Å². The van der Waals surface area contributed by atoms with Crippen LogP contribution in [0.15, 0.2) is 12.3 Å². The molecule has 0 saturated heterocycles. The maximum Gasteiger partial charge on any atom is 0.105 e. The van der Waals surface area contributed by atoms with Gasteiger partial charge >= 0.3 is 0 Å². The van der Waals surface area contributed by atoms with Gasteiger partial charge in [0.2, 0.25) is 0 Å². The zero-order valence-electron chi connectivity index (χ0n) is 5.78. The lowest BCUT2D eigenvalue weighted by molar-refractivity contribution is 0.113. The van der Waals surface area contributed by atoms with E-state index in [-0.39, 0.29) is 6.10 Å². The minimum absolute atomic E-state index is 0.0208. The highest BCUT2D eigenvalue weighted by Crippen LogP contribution is 2.17. The van der Waals surface area contributed by atoms with Crippen molar-refractivity contribution in [2.45, 2.75) is 6.10 Å². The summed E-state index contributed by atoms with van der Waals surface area (Å²) in [5.41, 5.74) is 5.43. The van der Waals surface area contributed by atoms with Crippen LogP contribution in [0.4, 0.5) is 0 Å². The Bertz CT molecular complexity index is 172. The third-order valence-electron chi connectivity index (χ3n) is 1.27. The number of aromatic nitrogens is 1. The number of rotatable bonds is 3. The smallest absolute Gasteiger partial charge is 0.105 e. The van der Waals surface area contributed by atoms with E-state index < -0.39 is 0 Å². The van der Waals surface area contributed by atoms with Gasteiger partial charge < -0.3 is 10.5 Å². The molecule has 1 aromatic heterocycles. The molecule has 0 bridgehead atoms. The van der Waals surface area contributed by atoms with E-state index in [2.05, 4.69) is 4.37 Å². The summed E-state index contributed by atoms with van der Waals surface area (Å²) in [5.74, 6) is 0. The average Bonchev–Trinajstić information content (AvgIpc) is 2.43. The SMILES string of the molecule is COC(CN)c1ccns1. The molecule has 0 aliphatic carbocycles. The van der Waals surface area contributed by atoms with Crippen LogP contribution in [-0.2, 0) is 4.74 Å². The fourth-order valence-corrected chi connectivity index (χ4v) is 1.40. The second-order valence-corrected chi connectivity index (χ2v) is 2.74. The largest absolute Gasteiger partial charge is 0.375 e. The molecule has 2 N–H and O–H groups in total. The van der Waals surface area contributed by atoms with Crippen molar-refractivity contribution in [2.24, 2.45) is 5.73 Å². The van der Waals surface area contributed by atoms with Crippen molar-refractivity contribution in [3.8, 4) is 0 Å². The summed E-state index contributed by atoms with van der Waals surface area (Å²) in [5, 5.41) is 0. The highest BCUT2D eigenvalue weighted by atomic mass is 32.1. The fraction of sp³-hybridized carbons (Fsp3) is 0.500. The first kappa shape index (κ1) is 7.65. The van der Waals surface area contributed by atoms with Crippen LogP contribution in [0.1, 0.15) is 11.0 Å². The van der Waals surface area contributed by atoms with E-state index >= 15 is 0 Å². The third kappa shape index (κ3) is 1.53. The molecule has 0 aliphatic heterocycles. The molecule has 1 rings (SSSR count). The Labute approximate surface area is 64.0 Å². The van der Waals surface area contributed by atoms with Crippen molar-refractivity contribution < 1.29 is 4.74 Å². The van der Waals surface area contributed by atoms with Gasteiger partial charge in [-0.05, 0) is 17.6 Å². The van der Waals surface area contributed by atoms with Crippen molar-refractivity contribution in [1.29, 1.82) is 0 Å². The molecule has 10 heavy (non-hydrogen) atoms. The monoisotopic (exact) mass is 158 g/mol. The van der Waals surface area contributed by atoms with Crippen molar-refractivity contribution in [1.82, 2.24) is 4.37 Å². The van der Waals surface area contributed by atoms with E-state index in [0.29, 0.717) is 6.54 Å². The second kappa shape index (κ2) is 3.65. The Hall–Kier alpha value is -0.450. The lowest BCUT2D eigenvalue weighted by Gasteiger charge is -2.08. The van der Waals surface area contributed by atoms with Crippen LogP contribution in [0.2, 0.25) is 0 Å². The predicted molar refractivity (Wildman–Crippen MR) is 40.9 cm³/mol. The second-order valence-electron chi connectivity index (χ2n) is 1.87. The molecule has 1 heterocycles. The van der Waals surface area contributed by atoms with Crippen molar-refractivity contribution >= 4 is 11.5 Å². The van der Waals surface area contributed by atoms with Gasteiger partial charge in [-0.2, -0.15) is 0 Å². The lowest BCUT2D eigenvalue weighted by Crippen LogP contribution is -2.12. The topological polar surface area (TPSA) is 48.1 Å². The van der Waals surface area contributed by atoms with E-state index in [1.165, 1.54) is 11.5 Å². The molecular formula is C6H10N2OS. The van der Waals surface area contributed by atoms with Crippen LogP contribution in [0.5, 0.6) is 0 Å². The Balaban J connectivity index is 2.64. The van der Waals surface area contributed by atoms with Gasteiger partial charge in [0, 0.05) is 19.9 Å². The summed E-state index contributed by atoms with van der Waals surface area (Å²) in [6.07, 6.45) is 1.77. The molecule has 0 saturated carbocycles. The summed E-state index contributed by atoms with van der Waals surface area (Å²) >= 11 is 1.43. The summed E-state index contributed by atoms with van der Waals surface area (Å²) in [7, 11) is 1.65. The normalized spacial score (nSPS) is 13.4. The molecule has 3 nitrogen and oxygen atoms in total. The maximum absolute atomic E-state index is 5.43. The van der Waals surface area contributed by atoms with Gasteiger partial charge in [0.15, 0.2) is 0 Å². The highest BCUT2D eigenvalue weighted by molar-refractivity contribution is 7.05. The molecule has 0 fully saturated rings. The molecule has 4 heteroatoms. The Kier molecular flexibility index (Phi) is 2.80. The van der Waals surface area contributed by atoms with Crippen LogP contribution in [-0.4, -0.2) is 18.0 Å². The lowest BCUT2D eigenvalue weighted by atomic mass is 10.3. The maximum atomic E-state index is 5.43. The molecule has 0 radical (unpaired) electrons. The molecule has 0 aliphatic rings. The van der Waals surface area contributed by atoms with E-state index in [1.54, 1.807) is 13.3 Å². The highest BCUT2D eigenvalue weighted by Gasteiger charge is 2.08. The minimum Gasteiger partial charge on any atom is -0.375 e. The Morgan fingerprint density at radius 3 is 3.10 bits per heavy atom. The number of nitrogens with two attached hydrogens (primary N) is 1. The van der Waals surface area contributed by atoms with Gasteiger partial charge in [0.1, 0.15) is 6.10 Å².